The number of thiazole rings is 1. The molecule has 112 valence electrons. The molecule has 1 aromatic carbocycles. The van der Waals surface area contributed by atoms with Gasteiger partial charge >= 0.3 is 0 Å². The van der Waals surface area contributed by atoms with Gasteiger partial charge in [0.05, 0.1) is 23.4 Å². The van der Waals surface area contributed by atoms with Gasteiger partial charge in [0.25, 0.3) is 0 Å². The molecule has 0 saturated carbocycles. The minimum Gasteiger partial charge on any atom is -0.364 e. The first kappa shape index (κ1) is 15.4. The molecular weight excluding hydrogens is 290 g/mol. The van der Waals surface area contributed by atoms with Crippen LogP contribution in [0.3, 0.4) is 0 Å². The van der Waals surface area contributed by atoms with Crippen molar-refractivity contribution in [2.75, 3.05) is 19.7 Å². The Hall–Kier alpha value is -1.99. The van der Waals surface area contributed by atoms with Gasteiger partial charge in [0.1, 0.15) is 11.6 Å². The fourth-order valence-electron chi connectivity index (χ4n) is 1.70. The van der Waals surface area contributed by atoms with Crippen LogP contribution in [0.15, 0.2) is 24.3 Å². The second kappa shape index (κ2) is 7.70. The first-order chi connectivity index (χ1) is 10.2. The molecule has 0 aliphatic rings. The largest absolute Gasteiger partial charge is 0.364 e. The van der Waals surface area contributed by atoms with E-state index in [-0.39, 0.29) is 31.6 Å². The molecule has 0 fully saturated rings. The van der Waals surface area contributed by atoms with Crippen LogP contribution in [0.4, 0.5) is 0 Å². The molecule has 6 nitrogen and oxygen atoms in total. The minimum atomic E-state index is -0.317. The summed E-state index contributed by atoms with van der Waals surface area (Å²) in [7, 11) is 0. The summed E-state index contributed by atoms with van der Waals surface area (Å²) in [6, 6.07) is 7.82. The highest BCUT2D eigenvalue weighted by molar-refractivity contribution is 7.18. The summed E-state index contributed by atoms with van der Waals surface area (Å²) < 4.78 is 6.40. The third-order valence-electron chi connectivity index (χ3n) is 2.62. The molecule has 21 heavy (non-hydrogen) atoms. The number of aromatic nitrogens is 1. The number of carbonyl (C=O) groups is 2. The molecule has 1 aromatic heterocycles. The Balaban J connectivity index is 1.71. The zero-order valence-electron chi connectivity index (χ0n) is 11.7. The van der Waals surface area contributed by atoms with Crippen molar-refractivity contribution in [3.05, 3.63) is 29.3 Å². The SMILES string of the molecule is CCNC(=O)CNC(=O)COCc1nc2ccccc2s1. The molecule has 0 atom stereocenters. The topological polar surface area (TPSA) is 80.3 Å². The smallest absolute Gasteiger partial charge is 0.246 e. The molecule has 7 heteroatoms. The third-order valence-corrected chi connectivity index (χ3v) is 3.63. The van der Waals surface area contributed by atoms with Crippen molar-refractivity contribution >= 4 is 33.4 Å². The molecule has 0 saturated heterocycles. The molecule has 1 heterocycles. The zero-order chi connectivity index (χ0) is 15.1. The number of nitrogens with one attached hydrogen (secondary N) is 2. The third kappa shape index (κ3) is 4.80. The van der Waals surface area contributed by atoms with E-state index in [1.165, 1.54) is 0 Å². The van der Waals surface area contributed by atoms with Gasteiger partial charge in [0.2, 0.25) is 11.8 Å². The van der Waals surface area contributed by atoms with Crippen molar-refractivity contribution < 1.29 is 14.3 Å². The Bertz CT molecular complexity index is 594. The van der Waals surface area contributed by atoms with E-state index in [0.29, 0.717) is 6.54 Å². The van der Waals surface area contributed by atoms with Crippen LogP contribution in [0, 0.1) is 0 Å². The average Bonchev–Trinajstić information content (AvgIpc) is 2.88. The summed E-state index contributed by atoms with van der Waals surface area (Å²) in [5, 5.41) is 5.91. The van der Waals surface area contributed by atoms with E-state index in [9.17, 15) is 9.59 Å². The maximum atomic E-state index is 11.5. The van der Waals surface area contributed by atoms with E-state index < -0.39 is 0 Å². The molecule has 2 aromatic rings. The Morgan fingerprint density at radius 3 is 2.81 bits per heavy atom. The zero-order valence-corrected chi connectivity index (χ0v) is 12.5. The second-order valence-electron chi connectivity index (χ2n) is 4.30. The summed E-state index contributed by atoms with van der Waals surface area (Å²) in [6.07, 6.45) is 0. The number of amides is 2. The predicted octanol–water partition coefficient (Wildman–Crippen LogP) is 1.07. The van der Waals surface area contributed by atoms with Gasteiger partial charge in [-0.25, -0.2) is 4.98 Å². The quantitative estimate of drug-likeness (QED) is 0.802. The molecular formula is C14H17N3O3S. The van der Waals surface area contributed by atoms with E-state index in [1.807, 2.05) is 31.2 Å². The van der Waals surface area contributed by atoms with Gasteiger partial charge in [-0.15, -0.1) is 11.3 Å². The molecule has 0 aliphatic carbocycles. The van der Waals surface area contributed by atoms with Crippen molar-refractivity contribution in [3.8, 4) is 0 Å². The number of para-hydroxylation sites is 1. The summed E-state index contributed by atoms with van der Waals surface area (Å²) >= 11 is 1.54. The van der Waals surface area contributed by atoms with Crippen LogP contribution in [0.25, 0.3) is 10.2 Å². The maximum absolute atomic E-state index is 11.5. The van der Waals surface area contributed by atoms with Crippen LogP contribution in [0.2, 0.25) is 0 Å². The fourth-order valence-corrected chi connectivity index (χ4v) is 2.61. The monoisotopic (exact) mass is 307 g/mol. The first-order valence-electron chi connectivity index (χ1n) is 6.64. The van der Waals surface area contributed by atoms with Crippen molar-refractivity contribution in [2.45, 2.75) is 13.5 Å². The molecule has 2 N–H and O–H groups in total. The normalized spacial score (nSPS) is 10.5. The van der Waals surface area contributed by atoms with Gasteiger partial charge in [0.15, 0.2) is 0 Å². The molecule has 0 unspecified atom stereocenters. The number of hydrogen-bond donors (Lipinski definition) is 2. The molecule has 2 rings (SSSR count). The van der Waals surface area contributed by atoms with Crippen LogP contribution in [0.1, 0.15) is 11.9 Å². The van der Waals surface area contributed by atoms with Gasteiger partial charge in [-0.2, -0.15) is 0 Å². The highest BCUT2D eigenvalue weighted by Crippen LogP contribution is 2.21. The molecule has 0 spiro atoms. The Labute approximate surface area is 126 Å². The van der Waals surface area contributed by atoms with Crippen molar-refractivity contribution in [1.82, 2.24) is 15.6 Å². The standard InChI is InChI=1S/C14H17N3O3S/c1-2-15-12(18)7-16-13(19)8-20-9-14-17-10-5-3-4-6-11(10)21-14/h3-6H,2,7-9H2,1H3,(H,15,18)(H,16,19). The van der Waals surface area contributed by atoms with Gasteiger partial charge in [-0.3, -0.25) is 9.59 Å². The highest BCUT2D eigenvalue weighted by Gasteiger charge is 2.07. The van der Waals surface area contributed by atoms with Crippen LogP contribution < -0.4 is 10.6 Å². The lowest BCUT2D eigenvalue weighted by Gasteiger charge is -2.05. The Morgan fingerprint density at radius 2 is 2.05 bits per heavy atom. The number of benzene rings is 1. The molecule has 2 amide bonds. The van der Waals surface area contributed by atoms with Crippen LogP contribution in [0.5, 0.6) is 0 Å². The predicted molar refractivity (Wildman–Crippen MR) is 81.0 cm³/mol. The summed E-state index contributed by atoms with van der Waals surface area (Å²) in [6.45, 7) is 2.53. The number of fused-ring (bicyclic) bond motifs is 1. The van der Waals surface area contributed by atoms with Gasteiger partial charge in [-0.05, 0) is 19.1 Å². The number of ether oxygens (including phenoxy) is 1. The molecule has 0 bridgehead atoms. The summed E-state index contributed by atoms with van der Waals surface area (Å²) in [4.78, 5) is 27.1. The van der Waals surface area contributed by atoms with Crippen LogP contribution in [-0.2, 0) is 20.9 Å². The van der Waals surface area contributed by atoms with E-state index in [1.54, 1.807) is 11.3 Å². The Kier molecular flexibility index (Phi) is 5.65. The summed E-state index contributed by atoms with van der Waals surface area (Å²) in [5.74, 6) is -0.528. The fraction of sp³-hybridized carbons (Fsp3) is 0.357. The number of carbonyl (C=O) groups excluding carboxylic acids is 2. The van der Waals surface area contributed by atoms with Gasteiger partial charge in [0, 0.05) is 6.54 Å². The summed E-state index contributed by atoms with van der Waals surface area (Å²) in [5.41, 5.74) is 0.932. The second-order valence-corrected chi connectivity index (χ2v) is 5.41. The molecule has 0 radical (unpaired) electrons. The highest BCUT2D eigenvalue weighted by atomic mass is 32.1. The lowest BCUT2D eigenvalue weighted by Crippen LogP contribution is -2.38. The molecule has 0 aliphatic heterocycles. The van der Waals surface area contributed by atoms with Gasteiger partial charge < -0.3 is 15.4 Å². The van der Waals surface area contributed by atoms with Gasteiger partial charge in [-0.1, -0.05) is 12.1 Å². The first-order valence-corrected chi connectivity index (χ1v) is 7.46. The lowest BCUT2D eigenvalue weighted by atomic mass is 10.3. The van der Waals surface area contributed by atoms with E-state index in [2.05, 4.69) is 15.6 Å². The average molecular weight is 307 g/mol. The van der Waals surface area contributed by atoms with Crippen molar-refractivity contribution in [3.63, 3.8) is 0 Å². The Morgan fingerprint density at radius 1 is 1.24 bits per heavy atom. The van der Waals surface area contributed by atoms with Crippen LogP contribution >= 0.6 is 11.3 Å². The van der Waals surface area contributed by atoms with E-state index in [4.69, 9.17) is 4.74 Å². The van der Waals surface area contributed by atoms with E-state index in [0.717, 1.165) is 15.2 Å². The lowest BCUT2D eigenvalue weighted by molar-refractivity contribution is -0.129. The van der Waals surface area contributed by atoms with Crippen molar-refractivity contribution in [1.29, 1.82) is 0 Å². The minimum absolute atomic E-state index is 0.0306. The maximum Gasteiger partial charge on any atom is 0.246 e. The number of rotatable bonds is 7. The van der Waals surface area contributed by atoms with Crippen molar-refractivity contribution in [2.24, 2.45) is 0 Å². The van der Waals surface area contributed by atoms with Crippen LogP contribution in [-0.4, -0.2) is 36.5 Å². The number of likely N-dealkylation sites (N-methyl/N-ethyl adjacent to an activating group) is 1. The number of hydrogen-bond acceptors (Lipinski definition) is 5. The number of nitrogens with zero attached hydrogens (tertiary/aromatic N) is 1. The van der Waals surface area contributed by atoms with E-state index >= 15 is 0 Å².